The Balaban J connectivity index is 1.32. The Morgan fingerprint density at radius 3 is 2.00 bits per heavy atom. The van der Waals surface area contributed by atoms with E-state index in [0.29, 0.717) is 0 Å². The quantitative estimate of drug-likeness (QED) is 0.163. The third-order valence-corrected chi connectivity index (χ3v) is 8.60. The first kappa shape index (κ1) is 22.4. The molecule has 1 nitrogen and oxygen atoms in total. The van der Waals surface area contributed by atoms with Gasteiger partial charge < -0.3 is 4.74 Å². The second kappa shape index (κ2) is 8.55. The summed E-state index contributed by atoms with van der Waals surface area (Å²) >= 11 is 0. The van der Waals surface area contributed by atoms with Crippen LogP contribution in [0.2, 0.25) is 0 Å². The van der Waals surface area contributed by atoms with Gasteiger partial charge in [0.05, 0.1) is 0 Å². The van der Waals surface area contributed by atoms with Crippen LogP contribution >= 0.6 is 0 Å². The van der Waals surface area contributed by atoms with E-state index < -0.39 is 0 Å². The largest absolute Gasteiger partial charge is 0.456 e. The molecular weight excluding hydrogens is 496 g/mol. The standard InChI is InChI=1S/C40H24O/c1-2-9-27(10-3-1)39-34-23-28(17-18-30(34)22-31-19-16-25-8-4-5-13-32(25)40(31)39)29-20-21-36-35(24-29)33-14-6-11-26-12-7-15-37(41-36)38(26)33/h1-24H. The molecule has 0 saturated heterocycles. The molecule has 8 aromatic carbocycles. The molecule has 0 bridgehead atoms. The Bertz CT molecular complexity index is 2320. The Labute approximate surface area is 237 Å². The molecule has 190 valence electrons. The number of ether oxygens (including phenoxy) is 1. The molecule has 0 saturated carbocycles. The predicted octanol–water partition coefficient (Wildman–Crippen LogP) is 11.4. The van der Waals surface area contributed by atoms with Crippen LogP contribution in [0.3, 0.4) is 0 Å². The maximum Gasteiger partial charge on any atom is 0.135 e. The summed E-state index contributed by atoms with van der Waals surface area (Å²) in [6.07, 6.45) is 0. The monoisotopic (exact) mass is 520 g/mol. The van der Waals surface area contributed by atoms with E-state index >= 15 is 0 Å². The van der Waals surface area contributed by atoms with Crippen LogP contribution in [-0.4, -0.2) is 0 Å². The van der Waals surface area contributed by atoms with E-state index in [1.807, 2.05) is 0 Å². The maximum absolute atomic E-state index is 6.38. The first-order valence-corrected chi connectivity index (χ1v) is 14.1. The fourth-order valence-corrected chi connectivity index (χ4v) is 6.72. The zero-order valence-corrected chi connectivity index (χ0v) is 22.3. The topological polar surface area (TPSA) is 9.23 Å². The van der Waals surface area contributed by atoms with Crippen LogP contribution in [0.15, 0.2) is 146 Å². The summed E-state index contributed by atoms with van der Waals surface area (Å²) in [4.78, 5) is 0. The van der Waals surface area contributed by atoms with Crippen molar-refractivity contribution in [2.24, 2.45) is 0 Å². The number of fused-ring (bicyclic) bond motifs is 6. The summed E-state index contributed by atoms with van der Waals surface area (Å²) < 4.78 is 6.38. The van der Waals surface area contributed by atoms with Crippen molar-refractivity contribution in [2.45, 2.75) is 0 Å². The second-order valence-corrected chi connectivity index (χ2v) is 10.9. The van der Waals surface area contributed by atoms with Crippen LogP contribution in [0.1, 0.15) is 0 Å². The molecule has 8 aromatic rings. The van der Waals surface area contributed by atoms with E-state index in [1.165, 1.54) is 70.9 Å². The van der Waals surface area contributed by atoms with Crippen molar-refractivity contribution in [2.75, 3.05) is 0 Å². The third kappa shape index (κ3) is 3.36. The minimum Gasteiger partial charge on any atom is -0.456 e. The minimum absolute atomic E-state index is 0.906. The summed E-state index contributed by atoms with van der Waals surface area (Å²) in [5.41, 5.74) is 7.27. The number of hydrogen-bond acceptors (Lipinski definition) is 1. The van der Waals surface area contributed by atoms with E-state index in [-0.39, 0.29) is 0 Å². The van der Waals surface area contributed by atoms with Crippen LogP contribution in [-0.2, 0) is 0 Å². The molecule has 1 aliphatic heterocycles. The van der Waals surface area contributed by atoms with Gasteiger partial charge in [-0.25, -0.2) is 0 Å². The van der Waals surface area contributed by atoms with Crippen molar-refractivity contribution < 1.29 is 4.74 Å². The van der Waals surface area contributed by atoms with E-state index in [1.54, 1.807) is 0 Å². The molecular formula is C40H24O. The zero-order valence-electron chi connectivity index (χ0n) is 22.3. The lowest BCUT2D eigenvalue weighted by Crippen LogP contribution is -1.97. The number of hydrogen-bond donors (Lipinski definition) is 0. The van der Waals surface area contributed by atoms with Crippen molar-refractivity contribution in [1.29, 1.82) is 0 Å². The molecule has 0 N–H and O–H groups in total. The van der Waals surface area contributed by atoms with Gasteiger partial charge >= 0.3 is 0 Å². The first-order chi connectivity index (χ1) is 20.3. The summed E-state index contributed by atoms with van der Waals surface area (Å²) in [7, 11) is 0. The van der Waals surface area contributed by atoms with Crippen molar-refractivity contribution in [3.8, 4) is 44.9 Å². The van der Waals surface area contributed by atoms with Gasteiger partial charge in [-0.1, -0.05) is 115 Å². The van der Waals surface area contributed by atoms with Crippen LogP contribution in [0.5, 0.6) is 11.5 Å². The molecule has 1 heterocycles. The van der Waals surface area contributed by atoms with Crippen LogP contribution < -0.4 is 4.74 Å². The molecule has 0 aliphatic carbocycles. The van der Waals surface area contributed by atoms with Gasteiger partial charge in [0, 0.05) is 10.9 Å². The Morgan fingerprint density at radius 1 is 0.341 bits per heavy atom. The summed E-state index contributed by atoms with van der Waals surface area (Å²) in [6.45, 7) is 0. The van der Waals surface area contributed by atoms with Gasteiger partial charge in [-0.15, -0.1) is 0 Å². The van der Waals surface area contributed by atoms with E-state index in [2.05, 4.69) is 146 Å². The molecule has 0 unspecified atom stereocenters. The summed E-state index contributed by atoms with van der Waals surface area (Å²) in [5, 5.41) is 10.0. The average Bonchev–Trinajstić information content (AvgIpc) is 3.04. The highest BCUT2D eigenvalue weighted by Crippen LogP contribution is 2.48. The molecule has 0 aromatic heterocycles. The van der Waals surface area contributed by atoms with Gasteiger partial charge in [-0.3, -0.25) is 0 Å². The lowest BCUT2D eigenvalue weighted by atomic mass is 9.87. The van der Waals surface area contributed by atoms with Gasteiger partial charge in [0.2, 0.25) is 0 Å². The molecule has 0 spiro atoms. The first-order valence-electron chi connectivity index (χ1n) is 14.1. The van der Waals surface area contributed by atoms with Crippen molar-refractivity contribution in [3.05, 3.63) is 146 Å². The van der Waals surface area contributed by atoms with Crippen LogP contribution in [0.25, 0.3) is 76.5 Å². The van der Waals surface area contributed by atoms with Gasteiger partial charge in [0.25, 0.3) is 0 Å². The average molecular weight is 521 g/mol. The molecule has 0 amide bonds. The third-order valence-electron chi connectivity index (χ3n) is 8.60. The fourth-order valence-electron chi connectivity index (χ4n) is 6.72. The number of benzene rings is 8. The van der Waals surface area contributed by atoms with Gasteiger partial charge in [0.1, 0.15) is 11.5 Å². The van der Waals surface area contributed by atoms with Crippen LogP contribution in [0, 0.1) is 0 Å². The zero-order chi connectivity index (χ0) is 26.9. The molecule has 9 rings (SSSR count). The SMILES string of the molecule is c1ccc(-c2c3cc(-c4ccc5c(c4)-c4cccc6cccc(c46)O5)ccc3cc3ccc4ccccc4c23)cc1. The number of rotatable bonds is 2. The molecule has 1 heteroatoms. The van der Waals surface area contributed by atoms with Crippen molar-refractivity contribution in [3.63, 3.8) is 0 Å². The smallest absolute Gasteiger partial charge is 0.135 e. The van der Waals surface area contributed by atoms with Gasteiger partial charge in [0.15, 0.2) is 0 Å². The predicted molar refractivity (Wildman–Crippen MR) is 173 cm³/mol. The van der Waals surface area contributed by atoms with E-state index in [9.17, 15) is 0 Å². The Hall–Kier alpha value is -5.40. The Kier molecular flexibility index (Phi) is 4.67. The lowest BCUT2D eigenvalue weighted by Gasteiger charge is -2.22. The van der Waals surface area contributed by atoms with E-state index in [0.717, 1.165) is 17.1 Å². The van der Waals surface area contributed by atoms with Crippen molar-refractivity contribution in [1.82, 2.24) is 0 Å². The van der Waals surface area contributed by atoms with E-state index in [4.69, 9.17) is 4.74 Å². The lowest BCUT2D eigenvalue weighted by molar-refractivity contribution is 0.487. The minimum atomic E-state index is 0.906. The Morgan fingerprint density at radius 2 is 1.07 bits per heavy atom. The highest BCUT2D eigenvalue weighted by atomic mass is 16.5. The molecule has 41 heavy (non-hydrogen) atoms. The molecule has 1 aliphatic rings. The highest BCUT2D eigenvalue weighted by molar-refractivity contribution is 6.22. The summed E-state index contributed by atoms with van der Waals surface area (Å²) in [5.74, 6) is 1.83. The highest BCUT2D eigenvalue weighted by Gasteiger charge is 2.21. The fraction of sp³-hybridized carbons (Fsp3) is 0. The van der Waals surface area contributed by atoms with Gasteiger partial charge in [-0.2, -0.15) is 0 Å². The van der Waals surface area contributed by atoms with Crippen molar-refractivity contribution >= 4 is 43.1 Å². The molecule has 0 radical (unpaired) electrons. The molecule has 0 fully saturated rings. The summed E-state index contributed by atoms with van der Waals surface area (Å²) in [6, 6.07) is 52.7. The van der Waals surface area contributed by atoms with Crippen LogP contribution in [0.4, 0.5) is 0 Å². The second-order valence-electron chi connectivity index (χ2n) is 10.9. The normalized spacial score (nSPS) is 12.1. The van der Waals surface area contributed by atoms with Gasteiger partial charge in [-0.05, 0) is 95.9 Å². The maximum atomic E-state index is 6.38. The molecule has 0 atom stereocenters.